The lowest BCUT2D eigenvalue weighted by atomic mass is 9.97. The van der Waals surface area contributed by atoms with Crippen LogP contribution in [0.2, 0.25) is 0 Å². The summed E-state index contributed by atoms with van der Waals surface area (Å²) < 4.78 is 1.72. The third kappa shape index (κ3) is 2.37. The minimum atomic E-state index is -0.886. The van der Waals surface area contributed by atoms with Crippen molar-refractivity contribution in [3.8, 4) is 0 Å². The molecule has 3 unspecified atom stereocenters. The van der Waals surface area contributed by atoms with Crippen molar-refractivity contribution in [1.29, 1.82) is 0 Å². The van der Waals surface area contributed by atoms with E-state index >= 15 is 0 Å². The number of aryl methyl sites for hydroxylation is 1. The van der Waals surface area contributed by atoms with Crippen LogP contribution in [0.25, 0.3) is 0 Å². The number of aromatic nitrogens is 2. The van der Waals surface area contributed by atoms with E-state index in [-0.39, 0.29) is 11.7 Å². The number of aliphatic carboxylic acids is 1. The predicted octanol–water partition coefficient (Wildman–Crippen LogP) is 2.41. The van der Waals surface area contributed by atoms with Gasteiger partial charge >= 0.3 is 11.7 Å². The first-order valence-corrected chi connectivity index (χ1v) is 7.17. The van der Waals surface area contributed by atoms with Crippen LogP contribution >= 0.6 is 0 Å². The van der Waals surface area contributed by atoms with Crippen LogP contribution in [0.4, 0.5) is 0 Å². The van der Waals surface area contributed by atoms with Crippen LogP contribution in [0.1, 0.15) is 62.0 Å². The lowest BCUT2D eigenvalue weighted by Crippen LogP contribution is -2.33. The molecule has 0 bridgehead atoms. The summed E-state index contributed by atoms with van der Waals surface area (Å²) in [5, 5.41) is 9.25. The van der Waals surface area contributed by atoms with Crippen LogP contribution in [-0.2, 0) is 4.79 Å². The van der Waals surface area contributed by atoms with Crippen LogP contribution < -0.4 is 5.69 Å². The molecule has 0 aliphatic heterocycles. The minimum Gasteiger partial charge on any atom is -0.481 e. The van der Waals surface area contributed by atoms with Gasteiger partial charge in [0.2, 0.25) is 0 Å². The maximum Gasteiger partial charge on any atom is 0.348 e. The molecule has 2 rings (SSSR count). The molecule has 1 aromatic rings. The Labute approximate surface area is 118 Å². The molecule has 0 amide bonds. The van der Waals surface area contributed by atoms with Crippen molar-refractivity contribution < 1.29 is 9.90 Å². The SMILES string of the molecule is Cc1nc(=O)n(C2CCCC2C)c(C)c1C(C)C(=O)O. The van der Waals surface area contributed by atoms with Gasteiger partial charge in [-0.3, -0.25) is 9.36 Å². The molecule has 1 aliphatic carbocycles. The Morgan fingerprint density at radius 1 is 1.40 bits per heavy atom. The van der Waals surface area contributed by atoms with Crippen molar-refractivity contribution in [2.45, 2.75) is 58.9 Å². The van der Waals surface area contributed by atoms with Crippen molar-refractivity contribution >= 4 is 5.97 Å². The summed E-state index contributed by atoms with van der Waals surface area (Å²) in [6.07, 6.45) is 3.18. The fourth-order valence-electron chi connectivity index (χ4n) is 3.44. The number of hydrogen-bond acceptors (Lipinski definition) is 3. The molecule has 1 saturated carbocycles. The van der Waals surface area contributed by atoms with Gasteiger partial charge in [0.1, 0.15) is 0 Å². The molecule has 110 valence electrons. The molecule has 20 heavy (non-hydrogen) atoms. The second-order valence-electron chi connectivity index (χ2n) is 5.88. The molecule has 3 atom stereocenters. The first kappa shape index (κ1) is 14.8. The van der Waals surface area contributed by atoms with Gasteiger partial charge < -0.3 is 5.11 Å². The average Bonchev–Trinajstić information content (AvgIpc) is 2.74. The number of hydrogen-bond donors (Lipinski definition) is 1. The largest absolute Gasteiger partial charge is 0.481 e. The molecule has 1 fully saturated rings. The monoisotopic (exact) mass is 278 g/mol. The predicted molar refractivity (Wildman–Crippen MR) is 76.1 cm³/mol. The Bertz CT molecular complexity index is 592. The smallest absolute Gasteiger partial charge is 0.348 e. The lowest BCUT2D eigenvalue weighted by molar-refractivity contribution is -0.138. The summed E-state index contributed by atoms with van der Waals surface area (Å²) in [4.78, 5) is 27.6. The molecule has 0 spiro atoms. The van der Waals surface area contributed by atoms with Crippen LogP contribution in [0.15, 0.2) is 4.79 Å². The zero-order valence-corrected chi connectivity index (χ0v) is 12.5. The van der Waals surface area contributed by atoms with E-state index in [1.54, 1.807) is 18.4 Å². The highest BCUT2D eigenvalue weighted by Gasteiger charge is 2.30. The van der Waals surface area contributed by atoms with Crippen molar-refractivity contribution in [2.75, 3.05) is 0 Å². The summed E-state index contributed by atoms with van der Waals surface area (Å²) in [5.41, 5.74) is 1.72. The van der Waals surface area contributed by atoms with Crippen LogP contribution in [0, 0.1) is 19.8 Å². The summed E-state index contributed by atoms with van der Waals surface area (Å²) >= 11 is 0. The summed E-state index contributed by atoms with van der Waals surface area (Å²) in [7, 11) is 0. The van der Waals surface area contributed by atoms with Gasteiger partial charge in [-0.15, -0.1) is 0 Å². The molecule has 1 aromatic heterocycles. The number of carbonyl (C=O) groups is 1. The van der Waals surface area contributed by atoms with Gasteiger partial charge in [0.05, 0.1) is 5.92 Å². The van der Waals surface area contributed by atoms with Crippen LogP contribution in [0.5, 0.6) is 0 Å². The van der Waals surface area contributed by atoms with Gasteiger partial charge in [0.15, 0.2) is 0 Å². The molecular weight excluding hydrogens is 256 g/mol. The van der Waals surface area contributed by atoms with Crippen molar-refractivity contribution in [3.05, 3.63) is 27.4 Å². The maximum atomic E-state index is 12.2. The Hall–Kier alpha value is -1.65. The van der Waals surface area contributed by atoms with Gasteiger partial charge in [-0.2, -0.15) is 4.98 Å². The zero-order valence-electron chi connectivity index (χ0n) is 12.5. The second kappa shape index (κ2) is 5.38. The Morgan fingerprint density at radius 2 is 2.05 bits per heavy atom. The molecule has 0 radical (unpaired) electrons. The van der Waals surface area contributed by atoms with E-state index in [9.17, 15) is 14.7 Å². The summed E-state index contributed by atoms with van der Waals surface area (Å²) in [6.45, 7) is 7.34. The number of carboxylic acids is 1. The molecule has 5 nitrogen and oxygen atoms in total. The highest BCUT2D eigenvalue weighted by Crippen LogP contribution is 2.36. The Kier molecular flexibility index (Phi) is 3.97. The number of nitrogens with zero attached hydrogens (tertiary/aromatic N) is 2. The molecule has 1 heterocycles. The summed E-state index contributed by atoms with van der Waals surface area (Å²) in [5.74, 6) is -1.10. The van der Waals surface area contributed by atoms with Crippen molar-refractivity contribution in [2.24, 2.45) is 5.92 Å². The highest BCUT2D eigenvalue weighted by molar-refractivity contribution is 5.76. The topological polar surface area (TPSA) is 72.2 Å². The van der Waals surface area contributed by atoms with E-state index in [2.05, 4.69) is 11.9 Å². The summed E-state index contributed by atoms with van der Waals surface area (Å²) in [6, 6.07) is 0.148. The van der Waals surface area contributed by atoms with Gasteiger partial charge in [0.25, 0.3) is 0 Å². The molecular formula is C15H22N2O3. The molecule has 0 saturated heterocycles. The molecule has 1 aliphatic rings. The number of carboxylic acid groups (broad SMARTS) is 1. The lowest BCUT2D eigenvalue weighted by Gasteiger charge is -2.24. The van der Waals surface area contributed by atoms with E-state index < -0.39 is 11.9 Å². The van der Waals surface area contributed by atoms with Gasteiger partial charge in [-0.1, -0.05) is 13.3 Å². The molecule has 5 heteroatoms. The fourth-order valence-corrected chi connectivity index (χ4v) is 3.44. The minimum absolute atomic E-state index is 0.148. The first-order valence-electron chi connectivity index (χ1n) is 7.17. The van der Waals surface area contributed by atoms with Crippen LogP contribution in [0.3, 0.4) is 0 Å². The maximum absolute atomic E-state index is 12.2. The van der Waals surface area contributed by atoms with Crippen LogP contribution in [-0.4, -0.2) is 20.6 Å². The molecule has 1 N–H and O–H groups in total. The standard InChI is InChI=1S/C15H22N2O3/c1-8-6-5-7-12(8)17-11(4)13(9(2)14(18)19)10(3)16-15(17)20/h8-9,12H,5-7H2,1-4H3,(H,18,19). The second-order valence-corrected chi connectivity index (χ2v) is 5.88. The third-order valence-electron chi connectivity index (χ3n) is 4.56. The van der Waals surface area contributed by atoms with E-state index in [4.69, 9.17) is 0 Å². The van der Waals surface area contributed by atoms with Crippen molar-refractivity contribution in [3.63, 3.8) is 0 Å². The Balaban J connectivity index is 2.61. The van der Waals surface area contributed by atoms with Gasteiger partial charge in [-0.05, 0) is 39.5 Å². The van der Waals surface area contributed by atoms with E-state index in [0.717, 1.165) is 25.0 Å². The third-order valence-corrected chi connectivity index (χ3v) is 4.56. The van der Waals surface area contributed by atoms with E-state index in [0.29, 0.717) is 17.2 Å². The quantitative estimate of drug-likeness (QED) is 0.921. The van der Waals surface area contributed by atoms with E-state index in [1.165, 1.54) is 0 Å². The van der Waals surface area contributed by atoms with Gasteiger partial charge in [-0.25, -0.2) is 4.79 Å². The average molecular weight is 278 g/mol. The van der Waals surface area contributed by atoms with Gasteiger partial charge in [0, 0.05) is 23.0 Å². The van der Waals surface area contributed by atoms with Crippen molar-refractivity contribution in [1.82, 2.24) is 9.55 Å². The fraction of sp³-hybridized carbons (Fsp3) is 0.667. The first-order chi connectivity index (χ1) is 9.34. The number of rotatable bonds is 3. The van der Waals surface area contributed by atoms with E-state index in [1.807, 2.05) is 6.92 Å². The zero-order chi connectivity index (χ0) is 15.0. The Morgan fingerprint density at radius 3 is 2.55 bits per heavy atom. The molecule has 0 aromatic carbocycles. The highest BCUT2D eigenvalue weighted by atomic mass is 16.4. The normalized spacial score (nSPS) is 23.8.